The summed E-state index contributed by atoms with van der Waals surface area (Å²) in [5, 5.41) is 10.9. The van der Waals surface area contributed by atoms with Crippen LogP contribution in [0.15, 0.2) is 35.2 Å². The summed E-state index contributed by atoms with van der Waals surface area (Å²) in [4.78, 5) is 7.78. The molecular weight excluding hydrogens is 332 g/mol. The first-order valence-electron chi connectivity index (χ1n) is 8.68. The molecule has 0 saturated carbocycles. The van der Waals surface area contributed by atoms with E-state index in [0.29, 0.717) is 11.5 Å². The molecule has 7 heteroatoms. The molecule has 6 nitrogen and oxygen atoms in total. The van der Waals surface area contributed by atoms with Crippen molar-refractivity contribution in [1.82, 2.24) is 25.3 Å². The zero-order valence-electron chi connectivity index (χ0n) is 14.1. The largest absolute Gasteiger partial charge is 0.384 e. The maximum absolute atomic E-state index is 5.89. The quantitative estimate of drug-likeness (QED) is 0.685. The zero-order chi connectivity index (χ0) is 17.1. The molecule has 1 aliphatic rings. The molecule has 0 aliphatic carbocycles. The number of thioether (sulfide) groups is 1. The smallest absolute Gasteiger partial charge is 0.204 e. The molecule has 0 spiro atoms. The molecule has 25 heavy (non-hydrogen) atoms. The SMILES string of the molecule is Nc1cc(SCc2ccccc2CN2CCCCC2)c2n[nH]nc2n1. The maximum Gasteiger partial charge on any atom is 0.204 e. The minimum absolute atomic E-state index is 0.477. The molecule has 3 heterocycles. The van der Waals surface area contributed by atoms with Gasteiger partial charge in [-0.1, -0.05) is 30.7 Å². The molecule has 0 bridgehead atoms. The van der Waals surface area contributed by atoms with Crippen molar-refractivity contribution in [3.8, 4) is 0 Å². The number of pyridine rings is 1. The number of anilines is 1. The Balaban J connectivity index is 1.51. The summed E-state index contributed by atoms with van der Waals surface area (Å²) in [5.41, 5.74) is 10.0. The fraction of sp³-hybridized carbons (Fsp3) is 0.389. The number of nitrogens with one attached hydrogen (secondary N) is 1. The molecule has 1 aromatic carbocycles. The van der Waals surface area contributed by atoms with Crippen LogP contribution in [0.4, 0.5) is 5.82 Å². The zero-order valence-corrected chi connectivity index (χ0v) is 14.9. The molecule has 4 rings (SSSR count). The van der Waals surface area contributed by atoms with Crippen LogP contribution in [0.5, 0.6) is 0 Å². The Morgan fingerprint density at radius 3 is 2.72 bits per heavy atom. The molecular formula is C18H22N6S. The first-order chi connectivity index (χ1) is 12.3. The van der Waals surface area contributed by atoms with Crippen molar-refractivity contribution in [3.05, 3.63) is 41.5 Å². The van der Waals surface area contributed by atoms with Crippen LogP contribution in [0.1, 0.15) is 30.4 Å². The highest BCUT2D eigenvalue weighted by atomic mass is 32.2. The number of aromatic nitrogens is 4. The van der Waals surface area contributed by atoms with Gasteiger partial charge in [-0.05, 0) is 43.1 Å². The maximum atomic E-state index is 5.89. The highest BCUT2D eigenvalue weighted by molar-refractivity contribution is 7.98. The molecule has 0 unspecified atom stereocenters. The number of nitrogens with zero attached hydrogens (tertiary/aromatic N) is 4. The van der Waals surface area contributed by atoms with Crippen LogP contribution in [0.2, 0.25) is 0 Å². The summed E-state index contributed by atoms with van der Waals surface area (Å²) in [5.74, 6) is 1.36. The minimum atomic E-state index is 0.477. The average Bonchev–Trinajstić information content (AvgIpc) is 3.10. The van der Waals surface area contributed by atoms with Gasteiger partial charge in [-0.15, -0.1) is 16.9 Å². The van der Waals surface area contributed by atoms with E-state index in [9.17, 15) is 0 Å². The number of H-pyrrole nitrogens is 1. The van der Waals surface area contributed by atoms with E-state index in [1.54, 1.807) is 11.8 Å². The lowest BCUT2D eigenvalue weighted by molar-refractivity contribution is 0.220. The monoisotopic (exact) mass is 354 g/mol. The Kier molecular flexibility index (Phi) is 4.85. The van der Waals surface area contributed by atoms with Crippen LogP contribution in [0, 0.1) is 0 Å². The van der Waals surface area contributed by atoms with Gasteiger partial charge in [0, 0.05) is 17.2 Å². The van der Waals surface area contributed by atoms with Gasteiger partial charge in [0.15, 0.2) is 0 Å². The number of rotatable bonds is 5. The van der Waals surface area contributed by atoms with Gasteiger partial charge in [-0.3, -0.25) is 4.90 Å². The van der Waals surface area contributed by atoms with E-state index in [-0.39, 0.29) is 0 Å². The number of piperidine rings is 1. The molecule has 2 aromatic heterocycles. The Labute approximate surface area is 151 Å². The summed E-state index contributed by atoms with van der Waals surface area (Å²) < 4.78 is 0. The second-order valence-corrected chi connectivity index (χ2v) is 7.45. The van der Waals surface area contributed by atoms with E-state index >= 15 is 0 Å². The number of hydrogen-bond donors (Lipinski definition) is 2. The fourth-order valence-corrected chi connectivity index (χ4v) is 4.37. The molecule has 1 saturated heterocycles. The number of hydrogen-bond acceptors (Lipinski definition) is 6. The van der Waals surface area contributed by atoms with Crippen LogP contribution >= 0.6 is 11.8 Å². The van der Waals surface area contributed by atoms with E-state index in [0.717, 1.165) is 22.7 Å². The summed E-state index contributed by atoms with van der Waals surface area (Å²) in [6, 6.07) is 10.6. The number of nitrogens with two attached hydrogens (primary N) is 1. The van der Waals surface area contributed by atoms with E-state index < -0.39 is 0 Å². The highest BCUT2D eigenvalue weighted by Crippen LogP contribution is 2.30. The van der Waals surface area contributed by atoms with Gasteiger partial charge in [-0.25, -0.2) is 4.98 Å². The summed E-state index contributed by atoms with van der Waals surface area (Å²) in [6.45, 7) is 3.46. The van der Waals surface area contributed by atoms with Gasteiger partial charge in [0.1, 0.15) is 11.3 Å². The van der Waals surface area contributed by atoms with E-state index in [4.69, 9.17) is 5.73 Å². The van der Waals surface area contributed by atoms with Gasteiger partial charge in [0.2, 0.25) is 5.65 Å². The van der Waals surface area contributed by atoms with Crippen molar-refractivity contribution in [1.29, 1.82) is 0 Å². The van der Waals surface area contributed by atoms with Crippen molar-refractivity contribution in [2.24, 2.45) is 0 Å². The molecule has 0 amide bonds. The third kappa shape index (κ3) is 3.77. The van der Waals surface area contributed by atoms with Crippen LogP contribution < -0.4 is 5.73 Å². The molecule has 1 fully saturated rings. The van der Waals surface area contributed by atoms with Gasteiger partial charge in [0.05, 0.1) is 0 Å². The molecule has 0 radical (unpaired) electrons. The van der Waals surface area contributed by atoms with Crippen molar-refractivity contribution in [2.45, 2.75) is 36.5 Å². The first-order valence-corrected chi connectivity index (χ1v) is 9.67. The van der Waals surface area contributed by atoms with Crippen molar-refractivity contribution in [2.75, 3.05) is 18.8 Å². The molecule has 3 aromatic rings. The molecule has 0 atom stereocenters. The van der Waals surface area contributed by atoms with Crippen LogP contribution in [-0.4, -0.2) is 38.4 Å². The van der Waals surface area contributed by atoms with Crippen LogP contribution in [-0.2, 0) is 12.3 Å². The summed E-state index contributed by atoms with van der Waals surface area (Å²) >= 11 is 1.74. The predicted molar refractivity (Wildman–Crippen MR) is 101 cm³/mol. The van der Waals surface area contributed by atoms with Crippen LogP contribution in [0.25, 0.3) is 11.2 Å². The highest BCUT2D eigenvalue weighted by Gasteiger charge is 2.14. The summed E-state index contributed by atoms with van der Waals surface area (Å²) in [7, 11) is 0. The lowest BCUT2D eigenvalue weighted by atomic mass is 10.1. The topological polar surface area (TPSA) is 83.7 Å². The Bertz CT molecular complexity index is 856. The van der Waals surface area contributed by atoms with Crippen LogP contribution in [0.3, 0.4) is 0 Å². The lowest BCUT2D eigenvalue weighted by Crippen LogP contribution is -2.29. The van der Waals surface area contributed by atoms with Gasteiger partial charge in [0.25, 0.3) is 0 Å². The second kappa shape index (κ2) is 7.41. The Hall–Kier alpha value is -2.12. The standard InChI is InChI=1S/C18H22N6S/c19-16-10-15(17-18(20-16)22-23-21-17)25-12-14-7-3-2-6-13(14)11-24-8-4-1-5-9-24/h2-3,6-7,10H,1,4-5,8-9,11-12H2,(H3,19,20,21,22,23). The number of aromatic amines is 1. The van der Waals surface area contributed by atoms with Crippen molar-refractivity contribution < 1.29 is 0 Å². The fourth-order valence-electron chi connectivity index (χ4n) is 3.30. The number of benzene rings is 1. The average molecular weight is 354 g/mol. The van der Waals surface area contributed by atoms with E-state index in [2.05, 4.69) is 49.6 Å². The predicted octanol–water partition coefficient (Wildman–Crippen LogP) is 3.21. The number of nitrogen functional groups attached to an aromatic ring is 1. The normalized spacial score (nSPS) is 15.7. The third-order valence-corrected chi connectivity index (χ3v) is 5.70. The van der Waals surface area contributed by atoms with Crippen molar-refractivity contribution in [3.63, 3.8) is 0 Å². The Morgan fingerprint density at radius 2 is 1.88 bits per heavy atom. The molecule has 1 aliphatic heterocycles. The minimum Gasteiger partial charge on any atom is -0.384 e. The molecule has 130 valence electrons. The summed E-state index contributed by atoms with van der Waals surface area (Å²) in [6.07, 6.45) is 4.00. The lowest BCUT2D eigenvalue weighted by Gasteiger charge is -2.27. The molecule has 3 N–H and O–H groups in total. The first kappa shape index (κ1) is 16.4. The van der Waals surface area contributed by atoms with E-state index in [1.165, 1.54) is 43.5 Å². The number of fused-ring (bicyclic) bond motifs is 1. The van der Waals surface area contributed by atoms with Crippen molar-refractivity contribution >= 4 is 28.7 Å². The number of likely N-dealkylation sites (tertiary alicyclic amines) is 1. The van der Waals surface area contributed by atoms with Gasteiger partial charge >= 0.3 is 0 Å². The second-order valence-electron chi connectivity index (χ2n) is 6.44. The Morgan fingerprint density at radius 1 is 1.08 bits per heavy atom. The van der Waals surface area contributed by atoms with E-state index in [1.807, 2.05) is 6.07 Å². The van der Waals surface area contributed by atoms with Gasteiger partial charge < -0.3 is 5.73 Å². The van der Waals surface area contributed by atoms with Gasteiger partial charge in [-0.2, -0.15) is 10.3 Å². The third-order valence-electron chi connectivity index (χ3n) is 4.62.